The van der Waals surface area contributed by atoms with Crippen LogP contribution in [0.5, 0.6) is 11.5 Å². The van der Waals surface area contributed by atoms with Crippen LogP contribution in [0.4, 0.5) is 18.9 Å². The zero-order valence-electron chi connectivity index (χ0n) is 24.3. The number of aromatic nitrogens is 2. The molecule has 0 unspecified atom stereocenters. The van der Waals surface area contributed by atoms with Gasteiger partial charge in [0.25, 0.3) is 0 Å². The monoisotopic (exact) mass is 592 g/mol. The van der Waals surface area contributed by atoms with Crippen molar-refractivity contribution < 1.29 is 32.1 Å². The number of alkyl halides is 3. The van der Waals surface area contributed by atoms with Crippen LogP contribution in [0.15, 0.2) is 36.4 Å². The molecule has 0 spiro atoms. The number of hydrogen-bond acceptors (Lipinski definition) is 7. The van der Waals surface area contributed by atoms with Gasteiger partial charge in [0.05, 0.1) is 43.1 Å². The molecular weight excluding hydrogens is 553 g/mol. The molecule has 1 N–H and O–H groups in total. The van der Waals surface area contributed by atoms with Crippen molar-refractivity contribution in [2.75, 3.05) is 45.3 Å². The van der Waals surface area contributed by atoms with Crippen molar-refractivity contribution in [3.8, 4) is 11.5 Å². The van der Waals surface area contributed by atoms with Crippen molar-refractivity contribution in [2.45, 2.75) is 63.7 Å². The predicted molar refractivity (Wildman–Crippen MR) is 154 cm³/mol. The van der Waals surface area contributed by atoms with E-state index in [9.17, 15) is 13.2 Å². The average molecular weight is 593 g/mol. The van der Waals surface area contributed by atoms with Gasteiger partial charge in [-0.3, -0.25) is 9.47 Å². The summed E-state index contributed by atoms with van der Waals surface area (Å²) in [5, 5.41) is 3.58. The van der Waals surface area contributed by atoms with Gasteiger partial charge < -0.3 is 24.3 Å². The first kappa shape index (κ1) is 29.7. The minimum Gasteiger partial charge on any atom is -0.497 e. The second kappa shape index (κ2) is 11.8. The van der Waals surface area contributed by atoms with E-state index in [1.165, 1.54) is 7.11 Å². The van der Waals surface area contributed by atoms with Crippen molar-refractivity contribution >= 4 is 24.8 Å². The Balaban J connectivity index is 1.56. The molecule has 3 heterocycles. The molecule has 2 aromatic carbocycles. The number of benzene rings is 2. The van der Waals surface area contributed by atoms with Crippen molar-refractivity contribution in [2.24, 2.45) is 0 Å². The number of imidazole rings is 1. The van der Waals surface area contributed by atoms with Crippen LogP contribution in [0, 0.1) is 0 Å². The van der Waals surface area contributed by atoms with Crippen LogP contribution in [-0.4, -0.2) is 74.7 Å². The number of ether oxygens (including phenoxy) is 4. The highest BCUT2D eigenvalue weighted by Gasteiger charge is 2.40. The first-order chi connectivity index (χ1) is 19.4. The van der Waals surface area contributed by atoms with Gasteiger partial charge in [0.1, 0.15) is 30.4 Å². The van der Waals surface area contributed by atoms with E-state index < -0.39 is 20.1 Å². The minimum absolute atomic E-state index is 0.0658. The maximum absolute atomic E-state index is 14.3. The van der Waals surface area contributed by atoms with Gasteiger partial charge in [-0.25, -0.2) is 4.98 Å². The van der Waals surface area contributed by atoms with Gasteiger partial charge in [-0.15, -0.1) is 0 Å². The van der Waals surface area contributed by atoms with E-state index >= 15 is 0 Å². The maximum Gasteiger partial charge on any atom is 0.449 e. The number of para-hydroxylation sites is 1. The molecule has 3 atom stereocenters. The number of fused-ring (bicyclic) bond motifs is 2. The van der Waals surface area contributed by atoms with E-state index in [0.717, 1.165) is 35.0 Å². The Bertz CT molecular complexity index is 1360. The number of nitrogens with one attached hydrogen (secondary N) is 1. The normalized spacial score (nSPS) is 21.9. The Kier molecular flexibility index (Phi) is 8.56. The van der Waals surface area contributed by atoms with E-state index in [-0.39, 0.29) is 30.4 Å². The van der Waals surface area contributed by atoms with E-state index in [1.807, 2.05) is 31.2 Å². The molecule has 8 nitrogen and oxygen atoms in total. The lowest BCUT2D eigenvalue weighted by molar-refractivity contribution is -0.149. The Morgan fingerprint density at radius 2 is 1.95 bits per heavy atom. The molecule has 224 valence electrons. The Hall–Kier alpha value is -2.80. The van der Waals surface area contributed by atoms with Gasteiger partial charge in [-0.05, 0) is 19.0 Å². The Labute approximate surface area is 239 Å². The molecule has 2 aliphatic rings. The second-order valence-electron chi connectivity index (χ2n) is 12.0. The van der Waals surface area contributed by atoms with Crippen molar-refractivity contribution in [3.63, 3.8) is 0 Å². The van der Waals surface area contributed by atoms with Gasteiger partial charge in [0, 0.05) is 45.5 Å². The SMILES string of the molecule is COc1cc(N[C@H]2c3ccccc3OC[C@@H]2N2CCO[C@H](C)C2)c2nc(C(F)(F)F)n(COCC[Si](C)(C)C)c2c1. The highest BCUT2D eigenvalue weighted by atomic mass is 28.3. The molecule has 1 aromatic heterocycles. The highest BCUT2D eigenvalue weighted by molar-refractivity contribution is 6.76. The number of morpholine rings is 1. The maximum atomic E-state index is 14.3. The van der Waals surface area contributed by atoms with Crippen molar-refractivity contribution in [1.82, 2.24) is 14.5 Å². The molecule has 0 saturated carbocycles. The largest absolute Gasteiger partial charge is 0.497 e. The number of nitrogens with zero attached hydrogens (tertiary/aromatic N) is 3. The van der Waals surface area contributed by atoms with E-state index in [1.54, 1.807) is 12.1 Å². The molecular formula is C29H39F3N4O4Si. The summed E-state index contributed by atoms with van der Waals surface area (Å²) in [6.07, 6.45) is -4.60. The molecule has 41 heavy (non-hydrogen) atoms. The topological polar surface area (TPSA) is 70.0 Å². The lowest BCUT2D eigenvalue weighted by Gasteiger charge is -2.44. The predicted octanol–water partition coefficient (Wildman–Crippen LogP) is 6.01. The summed E-state index contributed by atoms with van der Waals surface area (Å²) in [6, 6.07) is 11.6. The van der Waals surface area contributed by atoms with Gasteiger partial charge in [-0.1, -0.05) is 37.8 Å². The average Bonchev–Trinajstić information content (AvgIpc) is 3.30. The third-order valence-corrected chi connectivity index (χ3v) is 9.34. The molecule has 1 saturated heterocycles. The molecule has 3 aromatic rings. The van der Waals surface area contributed by atoms with Crippen LogP contribution in [0.25, 0.3) is 11.0 Å². The van der Waals surface area contributed by atoms with Crippen LogP contribution >= 0.6 is 0 Å². The summed E-state index contributed by atoms with van der Waals surface area (Å²) in [5.41, 5.74) is 1.90. The summed E-state index contributed by atoms with van der Waals surface area (Å²) in [5.74, 6) is 0.176. The van der Waals surface area contributed by atoms with Crippen molar-refractivity contribution in [1.29, 1.82) is 0 Å². The quantitative estimate of drug-likeness (QED) is 0.241. The third-order valence-electron chi connectivity index (χ3n) is 7.63. The van der Waals surface area contributed by atoms with Gasteiger partial charge in [0.15, 0.2) is 0 Å². The Morgan fingerprint density at radius 3 is 2.66 bits per heavy atom. The molecule has 0 bridgehead atoms. The van der Waals surface area contributed by atoms with Crippen LogP contribution < -0.4 is 14.8 Å². The fourth-order valence-corrected chi connectivity index (χ4v) is 6.21. The van der Waals surface area contributed by atoms with E-state index in [2.05, 4.69) is 34.8 Å². The molecule has 5 rings (SSSR count). The molecule has 0 amide bonds. The van der Waals surface area contributed by atoms with E-state index in [4.69, 9.17) is 18.9 Å². The van der Waals surface area contributed by atoms with Gasteiger partial charge in [0.2, 0.25) is 5.82 Å². The zero-order valence-corrected chi connectivity index (χ0v) is 25.3. The van der Waals surface area contributed by atoms with Crippen molar-refractivity contribution in [3.05, 3.63) is 47.8 Å². The number of hydrogen-bond donors (Lipinski definition) is 1. The van der Waals surface area contributed by atoms with Gasteiger partial charge >= 0.3 is 6.18 Å². The highest BCUT2D eigenvalue weighted by Crippen LogP contribution is 2.41. The molecule has 1 fully saturated rings. The lowest BCUT2D eigenvalue weighted by atomic mass is 9.94. The number of methoxy groups -OCH3 is 1. The molecule has 2 aliphatic heterocycles. The second-order valence-corrected chi connectivity index (χ2v) is 17.6. The third kappa shape index (κ3) is 6.66. The van der Waals surface area contributed by atoms with Crippen LogP contribution in [-0.2, 0) is 22.4 Å². The summed E-state index contributed by atoms with van der Waals surface area (Å²) < 4.78 is 67.2. The zero-order chi connectivity index (χ0) is 29.4. The molecule has 0 radical (unpaired) electrons. The first-order valence-electron chi connectivity index (χ1n) is 14.0. The summed E-state index contributed by atoms with van der Waals surface area (Å²) in [6.45, 7) is 11.3. The molecule has 0 aliphatic carbocycles. The summed E-state index contributed by atoms with van der Waals surface area (Å²) >= 11 is 0. The summed E-state index contributed by atoms with van der Waals surface area (Å²) in [4.78, 5) is 6.47. The van der Waals surface area contributed by atoms with E-state index in [0.29, 0.717) is 36.8 Å². The fourth-order valence-electron chi connectivity index (χ4n) is 5.46. The number of halogens is 3. The van der Waals surface area contributed by atoms with Gasteiger partial charge in [-0.2, -0.15) is 13.2 Å². The van der Waals surface area contributed by atoms with Crippen LogP contribution in [0.2, 0.25) is 25.7 Å². The smallest absolute Gasteiger partial charge is 0.449 e. The molecule has 12 heteroatoms. The number of rotatable bonds is 9. The Morgan fingerprint density at radius 1 is 1.17 bits per heavy atom. The van der Waals surface area contributed by atoms with Crippen LogP contribution in [0.1, 0.15) is 24.4 Å². The first-order valence-corrected chi connectivity index (χ1v) is 17.7. The standard InChI is InChI=1S/C29H39F3N4O4Si/c1-19-16-35(10-11-39-19)24-17-40-25-9-7-6-8-21(25)26(24)33-22-14-20(37-2)15-23-27(22)34-28(29(30,31)32)36(23)18-38-12-13-41(3,4)5/h6-9,14-15,19,24,26,33H,10-13,16-18H2,1-5H3/t19-,24+,26+/m1/s1. The number of anilines is 1. The summed E-state index contributed by atoms with van der Waals surface area (Å²) in [7, 11) is 0.0919. The fraction of sp³-hybridized carbons (Fsp3) is 0.552. The van der Waals surface area contributed by atoms with Crippen LogP contribution in [0.3, 0.4) is 0 Å². The lowest BCUT2D eigenvalue weighted by Crippen LogP contribution is -2.54. The minimum atomic E-state index is -4.66.